The van der Waals surface area contributed by atoms with E-state index in [1.807, 2.05) is 25.1 Å². The Bertz CT molecular complexity index is 732. The highest BCUT2D eigenvalue weighted by atomic mass is 33.1. The van der Waals surface area contributed by atoms with Crippen LogP contribution in [0.15, 0.2) is 29.4 Å². The quantitative estimate of drug-likeness (QED) is 0.311. The molecule has 2 unspecified atom stereocenters. The summed E-state index contributed by atoms with van der Waals surface area (Å²) in [5, 5.41) is 1.51. The van der Waals surface area contributed by atoms with Gasteiger partial charge in [0, 0.05) is 36.6 Å². The molecule has 1 aromatic heterocycles. The van der Waals surface area contributed by atoms with Crippen molar-refractivity contribution in [1.29, 1.82) is 0 Å². The standard InChI is InChI=1S/C17H23N2O6PS2/c1-2-13(27-28-14-5-3-4-10-18-14)8-11-26(23,24)12-9-17(22)25-19-15(20)6-7-16(19)21/h3-5,10,13H,2,6-9,11-12H2,1H3,(H,23,24). The molecule has 11 heteroatoms. The number of carbonyl (C=O) groups is 3. The van der Waals surface area contributed by atoms with Crippen molar-refractivity contribution in [2.24, 2.45) is 0 Å². The zero-order chi connectivity index (χ0) is 20.6. The lowest BCUT2D eigenvalue weighted by Gasteiger charge is -2.17. The molecule has 28 heavy (non-hydrogen) atoms. The summed E-state index contributed by atoms with van der Waals surface area (Å²) >= 11 is 0. The maximum atomic E-state index is 12.4. The van der Waals surface area contributed by atoms with Crippen molar-refractivity contribution in [3.63, 3.8) is 0 Å². The van der Waals surface area contributed by atoms with Gasteiger partial charge in [0.15, 0.2) is 0 Å². The Balaban J connectivity index is 1.72. The highest BCUT2D eigenvalue weighted by Gasteiger charge is 2.33. The summed E-state index contributed by atoms with van der Waals surface area (Å²) in [6.45, 7) is 2.01. The fourth-order valence-electron chi connectivity index (χ4n) is 2.36. The fraction of sp³-hybridized carbons (Fsp3) is 0.529. The molecular formula is C17H23N2O6PS2. The van der Waals surface area contributed by atoms with E-state index in [4.69, 9.17) is 4.84 Å². The molecule has 0 aromatic carbocycles. The molecule has 0 aliphatic carbocycles. The normalized spacial score (nSPS) is 17.4. The van der Waals surface area contributed by atoms with Crippen LogP contribution in [0.1, 0.15) is 39.0 Å². The van der Waals surface area contributed by atoms with Crippen molar-refractivity contribution in [3.8, 4) is 0 Å². The predicted octanol–water partition coefficient (Wildman–Crippen LogP) is 3.26. The smallest absolute Gasteiger partial charge is 0.333 e. The van der Waals surface area contributed by atoms with Crippen LogP contribution in [0.3, 0.4) is 0 Å². The maximum Gasteiger partial charge on any atom is 0.333 e. The summed E-state index contributed by atoms with van der Waals surface area (Å²) in [4.78, 5) is 53.7. The number of imide groups is 1. The van der Waals surface area contributed by atoms with Gasteiger partial charge in [-0.05, 0) is 35.8 Å². The lowest BCUT2D eigenvalue weighted by molar-refractivity contribution is -0.197. The lowest BCUT2D eigenvalue weighted by Crippen LogP contribution is -2.32. The highest BCUT2D eigenvalue weighted by Crippen LogP contribution is 2.45. The number of hydrogen-bond donors (Lipinski definition) is 1. The molecule has 0 spiro atoms. The molecule has 1 aromatic rings. The zero-order valence-electron chi connectivity index (χ0n) is 15.5. The second-order valence-corrected chi connectivity index (χ2v) is 11.4. The van der Waals surface area contributed by atoms with Gasteiger partial charge in [0.2, 0.25) is 7.37 Å². The topological polar surface area (TPSA) is 114 Å². The van der Waals surface area contributed by atoms with Crippen LogP contribution in [-0.2, 0) is 23.8 Å². The number of amides is 2. The van der Waals surface area contributed by atoms with Gasteiger partial charge < -0.3 is 9.73 Å². The Morgan fingerprint density at radius 3 is 2.64 bits per heavy atom. The first-order chi connectivity index (χ1) is 13.3. The molecule has 8 nitrogen and oxygen atoms in total. The minimum absolute atomic E-state index is 0.0111. The van der Waals surface area contributed by atoms with E-state index >= 15 is 0 Å². The van der Waals surface area contributed by atoms with Crippen LogP contribution in [-0.4, -0.2) is 50.3 Å². The van der Waals surface area contributed by atoms with Crippen molar-refractivity contribution in [3.05, 3.63) is 24.4 Å². The summed E-state index contributed by atoms with van der Waals surface area (Å²) in [6, 6.07) is 5.65. The van der Waals surface area contributed by atoms with Crippen molar-refractivity contribution in [2.45, 2.75) is 49.3 Å². The monoisotopic (exact) mass is 446 g/mol. The Kier molecular flexibility index (Phi) is 9.01. The molecule has 2 rings (SSSR count). The van der Waals surface area contributed by atoms with Crippen molar-refractivity contribution in [1.82, 2.24) is 10.0 Å². The van der Waals surface area contributed by atoms with Crippen LogP contribution in [0.5, 0.6) is 0 Å². The van der Waals surface area contributed by atoms with Gasteiger partial charge in [0.05, 0.1) is 6.42 Å². The van der Waals surface area contributed by atoms with Gasteiger partial charge in [0.25, 0.3) is 11.8 Å². The summed E-state index contributed by atoms with van der Waals surface area (Å²) < 4.78 is 12.4. The molecule has 2 heterocycles. The molecule has 2 atom stereocenters. The van der Waals surface area contributed by atoms with Gasteiger partial charge >= 0.3 is 5.97 Å². The third-order valence-corrected chi connectivity index (χ3v) is 8.87. The predicted molar refractivity (Wildman–Crippen MR) is 108 cm³/mol. The van der Waals surface area contributed by atoms with Gasteiger partial charge in [-0.1, -0.05) is 23.8 Å². The molecule has 0 bridgehead atoms. The van der Waals surface area contributed by atoms with E-state index in [9.17, 15) is 23.8 Å². The Labute approximate surface area is 171 Å². The molecular weight excluding hydrogens is 423 g/mol. The minimum atomic E-state index is -3.51. The van der Waals surface area contributed by atoms with Crippen LogP contribution in [0, 0.1) is 0 Å². The number of carbonyl (C=O) groups excluding carboxylic acids is 3. The van der Waals surface area contributed by atoms with Crippen LogP contribution in [0.25, 0.3) is 0 Å². The Morgan fingerprint density at radius 2 is 2.04 bits per heavy atom. The minimum Gasteiger partial charge on any atom is -0.344 e. The second-order valence-electron chi connectivity index (χ2n) is 6.26. The molecule has 1 fully saturated rings. The average Bonchev–Trinajstić information content (AvgIpc) is 2.99. The van der Waals surface area contributed by atoms with E-state index in [0.717, 1.165) is 11.4 Å². The molecule has 1 aliphatic rings. The van der Waals surface area contributed by atoms with Crippen molar-refractivity contribution < 1.29 is 28.7 Å². The first-order valence-corrected chi connectivity index (χ1v) is 13.2. The molecule has 1 saturated heterocycles. The maximum absolute atomic E-state index is 12.4. The summed E-state index contributed by atoms with van der Waals surface area (Å²) in [5.41, 5.74) is 0. The fourth-order valence-corrected chi connectivity index (χ4v) is 6.53. The van der Waals surface area contributed by atoms with Gasteiger partial charge in [-0.15, -0.1) is 5.06 Å². The largest absolute Gasteiger partial charge is 0.344 e. The van der Waals surface area contributed by atoms with Crippen LogP contribution < -0.4 is 0 Å². The SMILES string of the molecule is CCC(CCP(=O)(O)CCC(=O)ON1C(=O)CCC1=O)SSc1ccccn1. The highest BCUT2D eigenvalue weighted by molar-refractivity contribution is 8.76. The Hall–Kier alpha value is -1.35. The van der Waals surface area contributed by atoms with Gasteiger partial charge in [-0.2, -0.15) is 0 Å². The van der Waals surface area contributed by atoms with E-state index in [1.165, 1.54) is 10.8 Å². The second kappa shape index (κ2) is 11.0. The van der Waals surface area contributed by atoms with Gasteiger partial charge in [-0.25, -0.2) is 9.78 Å². The van der Waals surface area contributed by atoms with Gasteiger partial charge in [-0.3, -0.25) is 14.2 Å². The third-order valence-electron chi connectivity index (χ3n) is 4.03. The van der Waals surface area contributed by atoms with Crippen molar-refractivity contribution in [2.75, 3.05) is 12.3 Å². The zero-order valence-corrected chi connectivity index (χ0v) is 18.0. The first kappa shape index (κ1) is 22.9. The molecule has 154 valence electrons. The van der Waals surface area contributed by atoms with E-state index in [2.05, 4.69) is 4.98 Å². The number of hydroxylamine groups is 2. The third kappa shape index (κ3) is 7.58. The number of aromatic nitrogens is 1. The summed E-state index contributed by atoms with van der Waals surface area (Å²) in [7, 11) is -0.371. The van der Waals surface area contributed by atoms with Crippen molar-refractivity contribution >= 4 is 46.7 Å². The Morgan fingerprint density at radius 1 is 1.32 bits per heavy atom. The van der Waals surface area contributed by atoms with E-state index < -0.39 is 25.2 Å². The summed E-state index contributed by atoms with van der Waals surface area (Å²) in [5.74, 6) is -2.00. The molecule has 1 aliphatic heterocycles. The van der Waals surface area contributed by atoms with Crippen LogP contribution in [0.4, 0.5) is 0 Å². The summed E-state index contributed by atoms with van der Waals surface area (Å²) in [6.07, 6.45) is 2.64. The van der Waals surface area contributed by atoms with E-state index in [0.29, 0.717) is 11.5 Å². The lowest BCUT2D eigenvalue weighted by atomic mass is 10.3. The number of rotatable bonds is 11. The van der Waals surface area contributed by atoms with Crippen LogP contribution in [0.2, 0.25) is 0 Å². The molecule has 0 saturated carbocycles. The number of hydrogen-bond acceptors (Lipinski definition) is 8. The average molecular weight is 446 g/mol. The molecule has 2 amide bonds. The molecule has 0 radical (unpaired) electrons. The van der Waals surface area contributed by atoms with Gasteiger partial charge in [0.1, 0.15) is 5.03 Å². The number of nitrogens with zero attached hydrogens (tertiary/aromatic N) is 2. The van der Waals surface area contributed by atoms with E-state index in [1.54, 1.807) is 17.0 Å². The van der Waals surface area contributed by atoms with Crippen LogP contribution >= 0.6 is 29.0 Å². The van der Waals surface area contributed by atoms with E-state index in [-0.39, 0.29) is 36.8 Å². The number of pyridine rings is 1. The molecule has 1 N–H and O–H groups in total. The first-order valence-electron chi connectivity index (χ1n) is 8.92.